The normalized spacial score (nSPS) is 20.8. The van der Waals surface area contributed by atoms with E-state index in [1.165, 1.54) is 0 Å². The second-order valence-corrected chi connectivity index (χ2v) is 6.69. The van der Waals surface area contributed by atoms with Crippen LogP contribution in [0.5, 0.6) is 0 Å². The minimum Gasteiger partial charge on any atom is -0.347 e. The van der Waals surface area contributed by atoms with E-state index in [-0.39, 0.29) is 11.7 Å². The molecule has 1 N–H and O–H groups in total. The number of rotatable bonds is 4. The number of nitrogens with zero attached hydrogens (tertiary/aromatic N) is 1. The number of hydrogen-bond donors (Lipinski definition) is 1. The van der Waals surface area contributed by atoms with Gasteiger partial charge in [0.05, 0.1) is 23.3 Å². The number of nitrogens with one attached hydrogen (secondary N) is 1. The van der Waals surface area contributed by atoms with E-state index in [2.05, 4.69) is 10.2 Å². The molecule has 0 atom stereocenters. The van der Waals surface area contributed by atoms with Crippen LogP contribution >= 0.6 is 23.2 Å². The Hall–Kier alpha value is -0.850. The molecule has 126 valence electrons. The van der Waals surface area contributed by atoms with Gasteiger partial charge in [0.1, 0.15) is 0 Å². The van der Waals surface area contributed by atoms with E-state index in [1.807, 2.05) is 0 Å². The minimum atomic E-state index is -0.362. The van der Waals surface area contributed by atoms with Crippen LogP contribution in [-0.4, -0.2) is 49.4 Å². The van der Waals surface area contributed by atoms with Crippen molar-refractivity contribution in [2.45, 2.75) is 25.0 Å². The predicted octanol–water partition coefficient (Wildman–Crippen LogP) is 3.16. The van der Waals surface area contributed by atoms with E-state index in [1.54, 1.807) is 18.2 Å². The lowest BCUT2D eigenvalue weighted by Gasteiger charge is -2.37. The Labute approximate surface area is 145 Å². The largest absolute Gasteiger partial charge is 0.347 e. The van der Waals surface area contributed by atoms with Gasteiger partial charge >= 0.3 is 0 Å². The average molecular weight is 359 g/mol. The van der Waals surface area contributed by atoms with E-state index < -0.39 is 0 Å². The van der Waals surface area contributed by atoms with Crippen molar-refractivity contribution in [3.63, 3.8) is 0 Å². The van der Waals surface area contributed by atoms with Gasteiger partial charge in [0.15, 0.2) is 5.79 Å². The molecule has 1 aromatic carbocycles. The summed E-state index contributed by atoms with van der Waals surface area (Å²) in [7, 11) is 0. The van der Waals surface area contributed by atoms with Crippen LogP contribution in [0.15, 0.2) is 18.2 Å². The highest BCUT2D eigenvalue weighted by Crippen LogP contribution is 2.31. The lowest BCUT2D eigenvalue weighted by molar-refractivity contribution is -0.185. The van der Waals surface area contributed by atoms with Crippen LogP contribution in [-0.2, 0) is 14.3 Å². The highest BCUT2D eigenvalue weighted by molar-refractivity contribution is 6.42. The summed E-state index contributed by atoms with van der Waals surface area (Å²) in [5.41, 5.74) is 0.662. The van der Waals surface area contributed by atoms with Crippen molar-refractivity contribution >= 4 is 34.8 Å². The Balaban J connectivity index is 1.42. The molecule has 2 fully saturated rings. The molecule has 7 heteroatoms. The van der Waals surface area contributed by atoms with Crippen molar-refractivity contribution in [2.75, 3.05) is 38.2 Å². The van der Waals surface area contributed by atoms with Crippen LogP contribution in [0, 0.1) is 0 Å². The Kier molecular flexibility index (Phi) is 5.44. The van der Waals surface area contributed by atoms with E-state index in [4.69, 9.17) is 32.7 Å². The number of amides is 1. The fourth-order valence-corrected chi connectivity index (χ4v) is 3.26. The monoisotopic (exact) mass is 358 g/mol. The molecule has 1 aromatic rings. The molecule has 23 heavy (non-hydrogen) atoms. The summed E-state index contributed by atoms with van der Waals surface area (Å²) < 4.78 is 11.4. The Morgan fingerprint density at radius 1 is 1.17 bits per heavy atom. The zero-order valence-corrected chi connectivity index (χ0v) is 14.3. The number of anilines is 1. The van der Waals surface area contributed by atoms with Crippen molar-refractivity contribution in [1.29, 1.82) is 0 Å². The number of benzene rings is 1. The molecule has 0 radical (unpaired) electrons. The molecule has 1 spiro atoms. The molecule has 0 unspecified atom stereocenters. The lowest BCUT2D eigenvalue weighted by atomic mass is 10.0. The first-order valence-electron chi connectivity index (χ1n) is 7.82. The fourth-order valence-electron chi connectivity index (χ4n) is 2.96. The van der Waals surface area contributed by atoms with Gasteiger partial charge in [0.25, 0.3) is 0 Å². The first-order valence-corrected chi connectivity index (χ1v) is 8.57. The van der Waals surface area contributed by atoms with Crippen LogP contribution in [0.2, 0.25) is 10.0 Å². The molecule has 0 bridgehead atoms. The molecule has 5 nitrogen and oxygen atoms in total. The SMILES string of the molecule is O=C(CCN1CCC2(CC1)OCCO2)Nc1ccc(Cl)c(Cl)c1. The second-order valence-electron chi connectivity index (χ2n) is 5.88. The molecule has 2 heterocycles. The maximum atomic E-state index is 12.0. The Morgan fingerprint density at radius 3 is 2.52 bits per heavy atom. The quantitative estimate of drug-likeness (QED) is 0.897. The van der Waals surface area contributed by atoms with Crippen LogP contribution in [0.4, 0.5) is 5.69 Å². The molecule has 2 saturated heterocycles. The lowest BCUT2D eigenvalue weighted by Crippen LogP contribution is -2.45. The molecule has 1 amide bonds. The summed E-state index contributed by atoms with van der Waals surface area (Å²) in [6.07, 6.45) is 2.16. The first-order chi connectivity index (χ1) is 11.1. The molecule has 3 rings (SSSR count). The van der Waals surface area contributed by atoms with Crippen molar-refractivity contribution < 1.29 is 14.3 Å². The van der Waals surface area contributed by atoms with Gasteiger partial charge in [-0.2, -0.15) is 0 Å². The molecule has 2 aliphatic heterocycles. The van der Waals surface area contributed by atoms with Crippen LogP contribution in [0.1, 0.15) is 19.3 Å². The third-order valence-electron chi connectivity index (χ3n) is 4.29. The van der Waals surface area contributed by atoms with Crippen LogP contribution < -0.4 is 5.32 Å². The molecule has 0 aliphatic carbocycles. The maximum Gasteiger partial charge on any atom is 0.225 e. The fraction of sp³-hybridized carbons (Fsp3) is 0.562. The van der Waals surface area contributed by atoms with Crippen molar-refractivity contribution in [2.24, 2.45) is 0 Å². The highest BCUT2D eigenvalue weighted by Gasteiger charge is 2.39. The van der Waals surface area contributed by atoms with E-state index in [9.17, 15) is 4.79 Å². The summed E-state index contributed by atoms with van der Waals surface area (Å²) in [4.78, 5) is 14.3. The van der Waals surface area contributed by atoms with Gasteiger partial charge in [-0.3, -0.25) is 4.79 Å². The van der Waals surface area contributed by atoms with Gasteiger partial charge in [0.2, 0.25) is 5.91 Å². The summed E-state index contributed by atoms with van der Waals surface area (Å²) in [5, 5.41) is 3.75. The van der Waals surface area contributed by atoms with E-state index in [0.717, 1.165) is 32.5 Å². The number of carbonyl (C=O) groups is 1. The van der Waals surface area contributed by atoms with Gasteiger partial charge in [0, 0.05) is 44.6 Å². The summed E-state index contributed by atoms with van der Waals surface area (Å²) >= 11 is 11.8. The van der Waals surface area contributed by atoms with Crippen molar-refractivity contribution in [3.05, 3.63) is 28.2 Å². The number of halogens is 2. The Morgan fingerprint density at radius 2 is 1.87 bits per heavy atom. The predicted molar refractivity (Wildman–Crippen MR) is 90.0 cm³/mol. The summed E-state index contributed by atoms with van der Waals surface area (Å²) in [6, 6.07) is 5.07. The first kappa shape index (κ1) is 17.0. The average Bonchev–Trinajstić information content (AvgIpc) is 2.99. The topological polar surface area (TPSA) is 50.8 Å². The van der Waals surface area contributed by atoms with Crippen molar-refractivity contribution in [3.8, 4) is 0 Å². The number of piperidine rings is 1. The number of likely N-dealkylation sites (tertiary alicyclic amines) is 1. The third-order valence-corrected chi connectivity index (χ3v) is 5.03. The number of hydrogen-bond acceptors (Lipinski definition) is 4. The van der Waals surface area contributed by atoms with Gasteiger partial charge in [-0.25, -0.2) is 0 Å². The molecule has 0 aromatic heterocycles. The third kappa shape index (κ3) is 4.37. The van der Waals surface area contributed by atoms with Gasteiger partial charge in [-0.15, -0.1) is 0 Å². The number of ether oxygens (including phenoxy) is 2. The smallest absolute Gasteiger partial charge is 0.225 e. The van der Waals surface area contributed by atoms with E-state index in [0.29, 0.717) is 35.4 Å². The van der Waals surface area contributed by atoms with Crippen molar-refractivity contribution in [1.82, 2.24) is 4.90 Å². The van der Waals surface area contributed by atoms with Gasteiger partial charge in [-0.1, -0.05) is 23.2 Å². The van der Waals surface area contributed by atoms with Gasteiger partial charge < -0.3 is 19.7 Å². The molecular weight excluding hydrogens is 339 g/mol. The maximum absolute atomic E-state index is 12.0. The highest BCUT2D eigenvalue weighted by atomic mass is 35.5. The standard InChI is InChI=1S/C16H20Cl2N2O3/c17-13-2-1-12(11-14(13)18)19-15(21)3-6-20-7-4-16(5-8-20)22-9-10-23-16/h1-2,11H,3-10H2,(H,19,21). The zero-order chi connectivity index (χ0) is 16.3. The molecular formula is C16H20Cl2N2O3. The second kappa shape index (κ2) is 7.36. The minimum absolute atomic E-state index is 0.0305. The number of carbonyl (C=O) groups excluding carboxylic acids is 1. The molecule has 0 saturated carbocycles. The Bertz CT molecular complexity index is 566. The summed E-state index contributed by atoms with van der Waals surface area (Å²) in [5.74, 6) is -0.393. The van der Waals surface area contributed by atoms with Crippen LogP contribution in [0.25, 0.3) is 0 Å². The van der Waals surface area contributed by atoms with Crippen LogP contribution in [0.3, 0.4) is 0 Å². The molecule has 2 aliphatic rings. The van der Waals surface area contributed by atoms with Gasteiger partial charge in [-0.05, 0) is 18.2 Å². The zero-order valence-electron chi connectivity index (χ0n) is 12.8. The summed E-state index contributed by atoms with van der Waals surface area (Å²) in [6.45, 7) is 3.88. The van der Waals surface area contributed by atoms with E-state index >= 15 is 0 Å².